The van der Waals surface area contributed by atoms with E-state index in [1.54, 1.807) is 13.8 Å². The van der Waals surface area contributed by atoms with Gasteiger partial charge in [-0.05, 0) is 13.8 Å². The molecule has 0 aromatic carbocycles. The summed E-state index contributed by atoms with van der Waals surface area (Å²) in [5.41, 5.74) is 0. The van der Waals surface area contributed by atoms with Crippen molar-refractivity contribution in [1.82, 2.24) is 0 Å². The molecular weight excluding hydrogens is 236 g/mol. The topological polar surface area (TPSA) is 78.9 Å². The fraction of sp³-hybridized carbons (Fsp3) is 0.889. The van der Waals surface area contributed by atoms with Gasteiger partial charge in [0, 0.05) is 6.26 Å². The zero-order valence-corrected chi connectivity index (χ0v) is 10.1. The standard InChI is InChI=1S/C9H14O6S/c1-9(2)14-6-5(4-16(3,11)12)13-8(10)7(6)15-9/h5-7H,4H2,1-3H3/t5-,6?,7+/m1/s1. The third-order valence-corrected chi connectivity index (χ3v) is 3.40. The summed E-state index contributed by atoms with van der Waals surface area (Å²) in [5, 5.41) is 0. The summed E-state index contributed by atoms with van der Waals surface area (Å²) in [4.78, 5) is 11.4. The molecule has 2 aliphatic rings. The minimum atomic E-state index is -3.22. The molecule has 3 atom stereocenters. The summed E-state index contributed by atoms with van der Waals surface area (Å²) in [6, 6.07) is 0. The fourth-order valence-electron chi connectivity index (χ4n) is 1.95. The van der Waals surface area contributed by atoms with E-state index in [9.17, 15) is 13.2 Å². The zero-order chi connectivity index (χ0) is 12.1. The lowest BCUT2D eigenvalue weighted by molar-refractivity contribution is -0.185. The average Bonchev–Trinajstić information content (AvgIpc) is 2.48. The molecule has 2 aliphatic heterocycles. The summed E-state index contributed by atoms with van der Waals surface area (Å²) in [7, 11) is -3.22. The lowest BCUT2D eigenvalue weighted by Gasteiger charge is -2.20. The van der Waals surface area contributed by atoms with Crippen molar-refractivity contribution in [3.05, 3.63) is 0 Å². The van der Waals surface area contributed by atoms with Gasteiger partial charge in [0.2, 0.25) is 0 Å². The number of rotatable bonds is 2. The van der Waals surface area contributed by atoms with Crippen molar-refractivity contribution >= 4 is 15.8 Å². The van der Waals surface area contributed by atoms with E-state index in [0.717, 1.165) is 6.26 Å². The summed E-state index contributed by atoms with van der Waals surface area (Å²) < 4.78 is 38.0. The van der Waals surface area contributed by atoms with Crippen LogP contribution < -0.4 is 0 Å². The van der Waals surface area contributed by atoms with Gasteiger partial charge in [0.15, 0.2) is 21.7 Å². The molecule has 0 aromatic rings. The largest absolute Gasteiger partial charge is 0.456 e. The van der Waals surface area contributed by atoms with Crippen molar-refractivity contribution in [2.45, 2.75) is 37.9 Å². The third-order valence-electron chi connectivity index (χ3n) is 2.46. The van der Waals surface area contributed by atoms with Crippen LogP contribution in [-0.4, -0.2) is 50.5 Å². The van der Waals surface area contributed by atoms with Gasteiger partial charge in [-0.25, -0.2) is 13.2 Å². The van der Waals surface area contributed by atoms with Gasteiger partial charge in [-0.2, -0.15) is 0 Å². The Balaban J connectivity index is 2.17. The third kappa shape index (κ3) is 2.21. The van der Waals surface area contributed by atoms with Crippen LogP contribution in [0.2, 0.25) is 0 Å². The molecule has 0 amide bonds. The zero-order valence-electron chi connectivity index (χ0n) is 9.30. The first kappa shape index (κ1) is 11.8. The number of carbonyl (C=O) groups is 1. The minimum Gasteiger partial charge on any atom is -0.456 e. The molecule has 16 heavy (non-hydrogen) atoms. The molecule has 0 N–H and O–H groups in total. The van der Waals surface area contributed by atoms with Crippen molar-refractivity contribution in [2.75, 3.05) is 12.0 Å². The van der Waals surface area contributed by atoms with Gasteiger partial charge in [0.25, 0.3) is 0 Å². The molecule has 6 nitrogen and oxygen atoms in total. The van der Waals surface area contributed by atoms with Crippen molar-refractivity contribution in [1.29, 1.82) is 0 Å². The molecular formula is C9H14O6S. The first-order valence-electron chi connectivity index (χ1n) is 4.92. The number of hydrogen-bond acceptors (Lipinski definition) is 6. The van der Waals surface area contributed by atoms with Crippen LogP contribution >= 0.6 is 0 Å². The Labute approximate surface area is 93.8 Å². The van der Waals surface area contributed by atoms with Crippen LogP contribution in [0.3, 0.4) is 0 Å². The normalized spacial score (nSPS) is 37.2. The molecule has 2 saturated heterocycles. The Kier molecular flexibility index (Phi) is 2.52. The Hall–Kier alpha value is -0.660. The van der Waals surface area contributed by atoms with Gasteiger partial charge >= 0.3 is 5.97 Å². The quantitative estimate of drug-likeness (QED) is 0.613. The first-order valence-corrected chi connectivity index (χ1v) is 6.98. The Morgan fingerprint density at radius 3 is 2.50 bits per heavy atom. The lowest BCUT2D eigenvalue weighted by atomic mass is 10.2. The predicted molar refractivity (Wildman–Crippen MR) is 53.4 cm³/mol. The summed E-state index contributed by atoms with van der Waals surface area (Å²) in [5.74, 6) is -1.66. The maximum atomic E-state index is 11.4. The average molecular weight is 250 g/mol. The predicted octanol–water partition coefficient (Wildman–Crippen LogP) is -0.523. The Morgan fingerprint density at radius 1 is 1.31 bits per heavy atom. The van der Waals surface area contributed by atoms with Crippen molar-refractivity contribution in [3.8, 4) is 0 Å². The van der Waals surface area contributed by atoms with Gasteiger partial charge in [-0.3, -0.25) is 0 Å². The maximum absolute atomic E-state index is 11.4. The highest BCUT2D eigenvalue weighted by Gasteiger charge is 2.56. The highest BCUT2D eigenvalue weighted by molar-refractivity contribution is 7.90. The molecule has 0 aliphatic carbocycles. The van der Waals surface area contributed by atoms with Crippen molar-refractivity contribution < 1.29 is 27.4 Å². The molecule has 2 fully saturated rings. The molecule has 1 unspecified atom stereocenters. The van der Waals surface area contributed by atoms with Gasteiger partial charge < -0.3 is 14.2 Å². The molecule has 0 saturated carbocycles. The SMILES string of the molecule is CC1(C)OC2[C@H](O1)C(=O)O[C@@H]2CS(C)(=O)=O. The van der Waals surface area contributed by atoms with Crippen LogP contribution in [-0.2, 0) is 28.8 Å². The van der Waals surface area contributed by atoms with E-state index in [4.69, 9.17) is 14.2 Å². The van der Waals surface area contributed by atoms with E-state index >= 15 is 0 Å². The van der Waals surface area contributed by atoms with E-state index in [2.05, 4.69) is 0 Å². The van der Waals surface area contributed by atoms with Gasteiger partial charge in [-0.15, -0.1) is 0 Å². The fourth-order valence-corrected chi connectivity index (χ4v) is 2.81. The number of carbonyl (C=O) groups excluding carboxylic acids is 1. The Morgan fingerprint density at radius 2 is 1.94 bits per heavy atom. The smallest absolute Gasteiger partial charge is 0.338 e. The number of ether oxygens (including phenoxy) is 3. The molecule has 2 heterocycles. The minimum absolute atomic E-state index is 0.237. The molecule has 0 radical (unpaired) electrons. The van der Waals surface area contributed by atoms with Crippen LogP contribution in [0.5, 0.6) is 0 Å². The summed E-state index contributed by atoms with van der Waals surface area (Å²) in [6.45, 7) is 3.35. The van der Waals surface area contributed by atoms with Crippen LogP contribution in [0.25, 0.3) is 0 Å². The first-order chi connectivity index (χ1) is 7.18. The van der Waals surface area contributed by atoms with Crippen molar-refractivity contribution in [2.24, 2.45) is 0 Å². The van der Waals surface area contributed by atoms with Crippen LogP contribution in [0.4, 0.5) is 0 Å². The number of fused-ring (bicyclic) bond motifs is 1. The lowest BCUT2D eigenvalue weighted by Crippen LogP contribution is -2.34. The highest BCUT2D eigenvalue weighted by Crippen LogP contribution is 2.36. The van der Waals surface area contributed by atoms with Gasteiger partial charge in [0.05, 0.1) is 5.75 Å². The van der Waals surface area contributed by atoms with Gasteiger partial charge in [0.1, 0.15) is 12.2 Å². The summed E-state index contributed by atoms with van der Waals surface area (Å²) in [6.07, 6.45) is -1.11. The van der Waals surface area contributed by atoms with Crippen molar-refractivity contribution in [3.63, 3.8) is 0 Å². The monoisotopic (exact) mass is 250 g/mol. The van der Waals surface area contributed by atoms with Gasteiger partial charge in [-0.1, -0.05) is 0 Å². The van der Waals surface area contributed by atoms with E-state index in [-0.39, 0.29) is 5.75 Å². The molecule has 92 valence electrons. The second kappa shape index (κ2) is 3.41. The maximum Gasteiger partial charge on any atom is 0.338 e. The van der Waals surface area contributed by atoms with Crippen LogP contribution in [0.1, 0.15) is 13.8 Å². The number of cyclic esters (lactones) is 1. The second-order valence-electron chi connectivity index (χ2n) is 4.59. The molecule has 7 heteroatoms. The molecule has 0 spiro atoms. The number of esters is 1. The van der Waals surface area contributed by atoms with E-state index < -0.39 is 39.9 Å². The molecule has 2 rings (SSSR count). The second-order valence-corrected chi connectivity index (χ2v) is 6.77. The molecule has 0 aromatic heterocycles. The highest BCUT2D eigenvalue weighted by atomic mass is 32.2. The van der Waals surface area contributed by atoms with Crippen LogP contribution in [0, 0.1) is 0 Å². The van der Waals surface area contributed by atoms with Crippen LogP contribution in [0.15, 0.2) is 0 Å². The summed E-state index contributed by atoms with van der Waals surface area (Å²) >= 11 is 0. The van der Waals surface area contributed by atoms with E-state index in [1.807, 2.05) is 0 Å². The van der Waals surface area contributed by atoms with E-state index in [0.29, 0.717) is 0 Å². The number of hydrogen-bond donors (Lipinski definition) is 0. The van der Waals surface area contributed by atoms with E-state index in [1.165, 1.54) is 0 Å². The molecule has 0 bridgehead atoms. The number of sulfone groups is 1. The Bertz CT molecular complexity index is 412.